The van der Waals surface area contributed by atoms with E-state index >= 15 is 0 Å². The van der Waals surface area contributed by atoms with Crippen molar-refractivity contribution in [3.8, 4) is 0 Å². The molecule has 1 heterocycles. The van der Waals surface area contributed by atoms with Gasteiger partial charge in [0, 0.05) is 22.2 Å². The molecule has 21 heavy (non-hydrogen) atoms. The van der Waals surface area contributed by atoms with Crippen LogP contribution in [0.1, 0.15) is 5.56 Å². The largest absolute Gasteiger partial charge is 0.254 e. The van der Waals surface area contributed by atoms with E-state index in [2.05, 4.69) is 23.2 Å². The number of rotatable bonds is 4. The Balaban J connectivity index is 1.55. The predicted molar refractivity (Wildman–Crippen MR) is 95.0 cm³/mol. The molecule has 0 aliphatic carbocycles. The maximum absolute atomic E-state index is 12.1. The Kier molecular flexibility index (Phi) is 5.17. The second-order valence-electron chi connectivity index (χ2n) is 4.51. The Labute approximate surface area is 135 Å². The third-order valence-electron chi connectivity index (χ3n) is 3.05. The first-order chi connectivity index (χ1) is 10.3. The summed E-state index contributed by atoms with van der Waals surface area (Å²) >= 11 is 3.47. The second-order valence-corrected chi connectivity index (χ2v) is 8.38. The molecule has 0 bridgehead atoms. The molecule has 0 saturated carbocycles. The highest BCUT2D eigenvalue weighted by molar-refractivity contribution is 8.38. The standard InChI is InChI=1S/C16H15NOS3/c18-21(14-7-2-1-3-8-14)11-10-19-16-17-15-9-5-4-6-13(15)12-20-16/h1-9H,10-12H2. The molecule has 0 spiro atoms. The van der Waals surface area contributed by atoms with Crippen molar-refractivity contribution >= 4 is 44.4 Å². The topological polar surface area (TPSA) is 29.4 Å². The summed E-state index contributed by atoms with van der Waals surface area (Å²) in [7, 11) is -0.918. The van der Waals surface area contributed by atoms with Crippen molar-refractivity contribution < 1.29 is 4.21 Å². The molecular weight excluding hydrogens is 318 g/mol. The first-order valence-electron chi connectivity index (χ1n) is 6.68. The average Bonchev–Trinajstić information content (AvgIpc) is 2.55. The Bertz CT molecular complexity index is 670. The molecule has 0 radical (unpaired) electrons. The minimum absolute atomic E-state index is 0.663. The Morgan fingerprint density at radius 2 is 1.86 bits per heavy atom. The number of para-hydroxylation sites is 1. The van der Waals surface area contributed by atoms with Crippen LogP contribution in [0.15, 0.2) is 64.5 Å². The molecule has 0 saturated heterocycles. The molecule has 0 N–H and O–H groups in total. The first-order valence-corrected chi connectivity index (χ1v) is 9.97. The summed E-state index contributed by atoms with van der Waals surface area (Å²) in [5.41, 5.74) is 2.36. The van der Waals surface area contributed by atoms with E-state index in [1.165, 1.54) is 5.56 Å². The zero-order chi connectivity index (χ0) is 14.5. The molecule has 0 amide bonds. The smallest absolute Gasteiger partial charge is 0.130 e. The van der Waals surface area contributed by atoms with E-state index in [4.69, 9.17) is 0 Å². The van der Waals surface area contributed by atoms with Gasteiger partial charge in [0.25, 0.3) is 0 Å². The lowest BCUT2D eigenvalue weighted by Gasteiger charge is -2.14. The highest BCUT2D eigenvalue weighted by atomic mass is 32.2. The van der Waals surface area contributed by atoms with Crippen LogP contribution in [0.2, 0.25) is 0 Å². The molecule has 108 valence electrons. The molecule has 0 aromatic heterocycles. The van der Waals surface area contributed by atoms with E-state index in [9.17, 15) is 4.21 Å². The van der Waals surface area contributed by atoms with Gasteiger partial charge in [-0.1, -0.05) is 59.9 Å². The molecule has 3 rings (SSSR count). The fourth-order valence-corrected chi connectivity index (χ4v) is 5.40. The van der Waals surface area contributed by atoms with Crippen molar-refractivity contribution in [1.29, 1.82) is 0 Å². The van der Waals surface area contributed by atoms with E-state index in [-0.39, 0.29) is 0 Å². The fraction of sp³-hybridized carbons (Fsp3) is 0.188. The van der Waals surface area contributed by atoms with Crippen LogP contribution in [0.5, 0.6) is 0 Å². The summed E-state index contributed by atoms with van der Waals surface area (Å²) in [5, 5.41) is 0. The number of fused-ring (bicyclic) bond motifs is 1. The van der Waals surface area contributed by atoms with Gasteiger partial charge in [-0.25, -0.2) is 4.99 Å². The van der Waals surface area contributed by atoms with Crippen molar-refractivity contribution in [3.05, 3.63) is 60.2 Å². The third kappa shape index (κ3) is 3.99. The van der Waals surface area contributed by atoms with Gasteiger partial charge in [-0.3, -0.25) is 4.21 Å². The average molecular weight is 334 g/mol. The summed E-state index contributed by atoms with van der Waals surface area (Å²) in [5.74, 6) is 2.47. The molecule has 1 atom stereocenters. The Morgan fingerprint density at radius 3 is 2.71 bits per heavy atom. The number of aliphatic imine (C=N–C) groups is 1. The lowest BCUT2D eigenvalue weighted by molar-refractivity contribution is 0.684. The number of benzene rings is 2. The van der Waals surface area contributed by atoms with Gasteiger partial charge in [0.1, 0.15) is 4.38 Å². The summed E-state index contributed by atoms with van der Waals surface area (Å²) in [4.78, 5) is 5.56. The molecule has 0 fully saturated rings. The highest BCUT2D eigenvalue weighted by Crippen LogP contribution is 2.34. The molecular formula is C16H15NOS3. The van der Waals surface area contributed by atoms with Crippen LogP contribution >= 0.6 is 23.5 Å². The Hall–Kier alpha value is -1.04. The van der Waals surface area contributed by atoms with Crippen molar-refractivity contribution in [2.45, 2.75) is 10.6 Å². The summed E-state index contributed by atoms with van der Waals surface area (Å²) in [6, 6.07) is 17.9. The maximum Gasteiger partial charge on any atom is 0.130 e. The van der Waals surface area contributed by atoms with Crippen LogP contribution in [-0.4, -0.2) is 20.1 Å². The second kappa shape index (κ2) is 7.29. The zero-order valence-electron chi connectivity index (χ0n) is 11.4. The van der Waals surface area contributed by atoms with Gasteiger partial charge in [-0.2, -0.15) is 0 Å². The van der Waals surface area contributed by atoms with Gasteiger partial charge in [0.15, 0.2) is 0 Å². The summed E-state index contributed by atoms with van der Waals surface area (Å²) in [6.45, 7) is 0. The van der Waals surface area contributed by atoms with Crippen molar-refractivity contribution in [2.75, 3.05) is 11.5 Å². The monoisotopic (exact) mass is 333 g/mol. The first kappa shape index (κ1) is 14.9. The van der Waals surface area contributed by atoms with Gasteiger partial charge in [-0.15, -0.1) is 0 Å². The summed E-state index contributed by atoms with van der Waals surface area (Å²) in [6.07, 6.45) is 0. The van der Waals surface area contributed by atoms with Gasteiger partial charge in [0.05, 0.1) is 16.5 Å². The minimum Gasteiger partial charge on any atom is -0.254 e. The molecule has 2 aromatic rings. The third-order valence-corrected chi connectivity index (χ3v) is 6.93. The van der Waals surface area contributed by atoms with E-state index in [1.807, 2.05) is 36.4 Å². The van der Waals surface area contributed by atoms with Gasteiger partial charge >= 0.3 is 0 Å². The van der Waals surface area contributed by atoms with Crippen LogP contribution in [0, 0.1) is 0 Å². The molecule has 1 aliphatic rings. The van der Waals surface area contributed by atoms with Crippen molar-refractivity contribution in [2.24, 2.45) is 4.99 Å². The van der Waals surface area contributed by atoms with Gasteiger partial charge in [0.2, 0.25) is 0 Å². The molecule has 2 aromatic carbocycles. The summed E-state index contributed by atoms with van der Waals surface area (Å²) < 4.78 is 13.2. The zero-order valence-corrected chi connectivity index (χ0v) is 13.8. The van der Waals surface area contributed by atoms with E-state index in [1.54, 1.807) is 23.5 Å². The minimum atomic E-state index is -0.918. The molecule has 1 unspecified atom stereocenters. The number of thioether (sulfide) groups is 2. The number of nitrogens with zero attached hydrogens (tertiary/aromatic N) is 1. The fourth-order valence-electron chi connectivity index (χ4n) is 1.98. The Morgan fingerprint density at radius 1 is 1.10 bits per heavy atom. The van der Waals surface area contributed by atoms with Crippen LogP contribution in [0.25, 0.3) is 0 Å². The van der Waals surface area contributed by atoms with Crippen LogP contribution in [-0.2, 0) is 16.6 Å². The van der Waals surface area contributed by atoms with Crippen molar-refractivity contribution in [1.82, 2.24) is 0 Å². The number of hydrogen-bond donors (Lipinski definition) is 0. The van der Waals surface area contributed by atoms with E-state index < -0.39 is 10.8 Å². The molecule has 5 heteroatoms. The van der Waals surface area contributed by atoms with Crippen molar-refractivity contribution in [3.63, 3.8) is 0 Å². The lowest BCUT2D eigenvalue weighted by atomic mass is 10.2. The predicted octanol–water partition coefficient (Wildman–Crippen LogP) is 4.46. The lowest BCUT2D eigenvalue weighted by Crippen LogP contribution is -2.03. The van der Waals surface area contributed by atoms with Gasteiger partial charge < -0.3 is 0 Å². The quantitative estimate of drug-likeness (QED) is 0.827. The maximum atomic E-state index is 12.1. The SMILES string of the molecule is O=S(CCSC1=Nc2ccccc2CS1)c1ccccc1. The number of hydrogen-bond acceptors (Lipinski definition) is 4. The molecule has 2 nitrogen and oxygen atoms in total. The highest BCUT2D eigenvalue weighted by Gasteiger charge is 2.13. The van der Waals surface area contributed by atoms with Crippen LogP contribution in [0.4, 0.5) is 5.69 Å². The molecule has 1 aliphatic heterocycles. The van der Waals surface area contributed by atoms with E-state index in [0.717, 1.165) is 26.5 Å². The van der Waals surface area contributed by atoms with Gasteiger partial charge in [-0.05, 0) is 23.8 Å². The van der Waals surface area contributed by atoms with Crippen LogP contribution in [0.3, 0.4) is 0 Å². The normalized spacial score (nSPS) is 15.1. The van der Waals surface area contributed by atoms with Crippen LogP contribution < -0.4 is 0 Å². The van der Waals surface area contributed by atoms with E-state index in [0.29, 0.717) is 5.75 Å².